The van der Waals surface area contributed by atoms with Gasteiger partial charge in [0.2, 0.25) is 5.95 Å². The van der Waals surface area contributed by atoms with Gasteiger partial charge in [-0.2, -0.15) is 23.4 Å². The van der Waals surface area contributed by atoms with E-state index >= 15 is 0 Å². The van der Waals surface area contributed by atoms with Crippen molar-refractivity contribution in [1.29, 1.82) is 0 Å². The first-order chi connectivity index (χ1) is 18.4. The summed E-state index contributed by atoms with van der Waals surface area (Å²) in [6.45, 7) is -0.624. The maximum Gasteiger partial charge on any atom is 0.408 e. The van der Waals surface area contributed by atoms with Crippen molar-refractivity contribution in [3.05, 3.63) is 83.3 Å². The van der Waals surface area contributed by atoms with Crippen molar-refractivity contribution in [3.8, 4) is 22.8 Å². The molecular weight excluding hydrogens is 499 g/mol. The van der Waals surface area contributed by atoms with Crippen molar-refractivity contribution in [3.63, 3.8) is 0 Å². The van der Waals surface area contributed by atoms with Gasteiger partial charge in [0.1, 0.15) is 6.54 Å². The minimum Gasteiger partial charge on any atom is -0.488 e. The Kier molecular flexibility index (Phi) is 5.86. The normalized spacial score (nSPS) is 15.0. The van der Waals surface area contributed by atoms with Gasteiger partial charge in [-0.3, -0.25) is 9.48 Å². The van der Waals surface area contributed by atoms with Gasteiger partial charge in [0.25, 0.3) is 5.43 Å². The topological polar surface area (TPSA) is 91.8 Å². The molecule has 1 aliphatic heterocycles. The zero-order valence-electron chi connectivity index (χ0n) is 20.0. The fraction of sp³-hybridized carbons (Fsp3) is 0.231. The lowest BCUT2D eigenvalue weighted by Crippen LogP contribution is -2.25. The van der Waals surface area contributed by atoms with E-state index in [9.17, 15) is 18.0 Å². The maximum absolute atomic E-state index is 13.4. The Morgan fingerprint density at radius 2 is 1.84 bits per heavy atom. The molecule has 5 aromatic rings. The molecule has 12 heteroatoms. The molecule has 0 amide bonds. The molecule has 0 saturated carbocycles. The number of aromatic nitrogens is 6. The van der Waals surface area contributed by atoms with Crippen LogP contribution >= 0.6 is 0 Å². The monoisotopic (exact) mass is 521 g/mol. The molecule has 0 aliphatic carbocycles. The first kappa shape index (κ1) is 23.8. The van der Waals surface area contributed by atoms with E-state index in [1.807, 2.05) is 30.3 Å². The molecule has 6 rings (SSSR count). The molecule has 1 atom stereocenters. The Hall–Kier alpha value is -4.61. The number of para-hydroxylation sites is 3. The van der Waals surface area contributed by atoms with Gasteiger partial charge in [-0.15, -0.1) is 0 Å². The predicted molar refractivity (Wildman–Crippen MR) is 134 cm³/mol. The van der Waals surface area contributed by atoms with E-state index in [4.69, 9.17) is 4.74 Å². The van der Waals surface area contributed by atoms with Gasteiger partial charge in [-0.25, -0.2) is 9.67 Å². The van der Waals surface area contributed by atoms with Crippen LogP contribution in [0.15, 0.2) is 77.9 Å². The van der Waals surface area contributed by atoms with Crippen LogP contribution in [0.2, 0.25) is 0 Å². The molecule has 1 N–H and O–H groups in total. The zero-order chi connectivity index (χ0) is 26.3. The number of imidazole rings is 1. The Morgan fingerprint density at radius 1 is 1.05 bits per heavy atom. The zero-order valence-corrected chi connectivity index (χ0v) is 20.0. The fourth-order valence-electron chi connectivity index (χ4n) is 4.68. The van der Waals surface area contributed by atoms with Crippen molar-refractivity contribution < 1.29 is 17.9 Å². The van der Waals surface area contributed by atoms with Gasteiger partial charge >= 0.3 is 6.18 Å². The second kappa shape index (κ2) is 9.36. The minimum atomic E-state index is -4.54. The molecule has 4 heterocycles. The summed E-state index contributed by atoms with van der Waals surface area (Å²) in [5, 5.41) is 11.5. The summed E-state index contributed by atoms with van der Waals surface area (Å²) >= 11 is 0. The van der Waals surface area contributed by atoms with E-state index in [1.165, 1.54) is 16.9 Å². The van der Waals surface area contributed by atoms with Gasteiger partial charge in [-0.1, -0.05) is 30.3 Å². The Labute approximate surface area is 214 Å². The number of benzene rings is 2. The van der Waals surface area contributed by atoms with E-state index in [-0.39, 0.29) is 29.8 Å². The van der Waals surface area contributed by atoms with Crippen molar-refractivity contribution in [2.75, 3.05) is 18.5 Å². The molecule has 194 valence electrons. The third-order valence-electron chi connectivity index (χ3n) is 6.33. The van der Waals surface area contributed by atoms with Gasteiger partial charge in [0, 0.05) is 13.0 Å². The van der Waals surface area contributed by atoms with E-state index in [2.05, 4.69) is 25.1 Å². The van der Waals surface area contributed by atoms with Crippen LogP contribution < -0.4 is 15.5 Å². The van der Waals surface area contributed by atoms with Crippen LogP contribution in [-0.2, 0) is 6.54 Å². The third-order valence-corrected chi connectivity index (χ3v) is 6.33. The van der Waals surface area contributed by atoms with Crippen LogP contribution in [0.1, 0.15) is 12.5 Å². The highest BCUT2D eigenvalue weighted by molar-refractivity contribution is 5.79. The summed E-state index contributed by atoms with van der Waals surface area (Å²) in [6, 6.07) is 18.3. The first-order valence-corrected chi connectivity index (χ1v) is 12.0. The van der Waals surface area contributed by atoms with Crippen LogP contribution in [0.4, 0.5) is 19.1 Å². The second-order valence-corrected chi connectivity index (χ2v) is 8.91. The number of nitrogens with one attached hydrogen (secondary N) is 1. The summed E-state index contributed by atoms with van der Waals surface area (Å²) < 4.78 is 49.9. The Bertz CT molecular complexity index is 1660. The Morgan fingerprint density at radius 3 is 2.66 bits per heavy atom. The molecule has 0 radical (unpaired) electrons. The highest BCUT2D eigenvalue weighted by Crippen LogP contribution is 2.31. The van der Waals surface area contributed by atoms with Gasteiger partial charge in [0.15, 0.2) is 11.4 Å². The Balaban J connectivity index is 1.30. The molecule has 3 aromatic heterocycles. The summed E-state index contributed by atoms with van der Waals surface area (Å²) in [5.41, 5.74) is 1.95. The average Bonchev–Trinajstić information content (AvgIpc) is 3.61. The standard InChI is InChI=1S/C26H22F3N7O2/c27-26(28,29)16-34-15-22(24(37)23(33-34)21-10-12-31-36(21)17-6-2-1-3-7-17)38-13-11-18-14-30-25-32-19-8-4-5-9-20(19)35(18)25/h1-10,12,15,18H,11,13-14,16H2,(H,30,32). The maximum atomic E-state index is 13.4. The number of ether oxygens (including phenoxy) is 1. The molecule has 1 aliphatic rings. The van der Waals surface area contributed by atoms with Gasteiger partial charge in [0.05, 0.1) is 47.5 Å². The first-order valence-electron chi connectivity index (χ1n) is 12.0. The van der Waals surface area contributed by atoms with Crippen molar-refractivity contribution >= 4 is 17.0 Å². The molecule has 9 nitrogen and oxygen atoms in total. The second-order valence-electron chi connectivity index (χ2n) is 8.91. The number of halogens is 3. The highest BCUT2D eigenvalue weighted by atomic mass is 19.4. The number of hydrogen-bond donors (Lipinski definition) is 1. The van der Waals surface area contributed by atoms with E-state index in [0.717, 1.165) is 23.2 Å². The molecule has 0 saturated heterocycles. The summed E-state index contributed by atoms with van der Waals surface area (Å²) in [7, 11) is 0. The van der Waals surface area contributed by atoms with E-state index < -0.39 is 18.1 Å². The SMILES string of the molecule is O=c1c(OCCC2CNc3nc4ccccc4n32)cn(CC(F)(F)F)nc1-c1ccnn1-c1ccccc1. The highest BCUT2D eigenvalue weighted by Gasteiger charge is 2.30. The number of rotatable bonds is 7. The van der Waals surface area contributed by atoms with Crippen molar-refractivity contribution in [2.45, 2.75) is 25.2 Å². The third kappa shape index (κ3) is 4.49. The lowest BCUT2D eigenvalue weighted by Gasteiger charge is -2.16. The minimum absolute atomic E-state index is 0.00983. The van der Waals surface area contributed by atoms with Crippen LogP contribution in [0.25, 0.3) is 28.1 Å². The number of anilines is 1. The molecule has 0 spiro atoms. The number of alkyl halides is 3. The van der Waals surface area contributed by atoms with Gasteiger partial charge in [-0.05, 0) is 30.3 Å². The molecule has 0 fully saturated rings. The molecular formula is C26H22F3N7O2. The van der Waals surface area contributed by atoms with Gasteiger partial charge < -0.3 is 14.6 Å². The van der Waals surface area contributed by atoms with Crippen molar-refractivity contribution in [2.24, 2.45) is 0 Å². The average molecular weight is 522 g/mol. The molecule has 2 aromatic carbocycles. The quantitative estimate of drug-likeness (QED) is 0.341. The lowest BCUT2D eigenvalue weighted by atomic mass is 10.2. The lowest BCUT2D eigenvalue weighted by molar-refractivity contribution is -0.142. The molecule has 1 unspecified atom stereocenters. The van der Waals surface area contributed by atoms with E-state index in [0.29, 0.717) is 23.3 Å². The van der Waals surface area contributed by atoms with Crippen molar-refractivity contribution in [1.82, 2.24) is 29.1 Å². The van der Waals surface area contributed by atoms with E-state index in [1.54, 1.807) is 24.3 Å². The van der Waals surface area contributed by atoms with Crippen LogP contribution in [0.5, 0.6) is 5.75 Å². The predicted octanol–water partition coefficient (Wildman–Crippen LogP) is 4.44. The fourth-order valence-corrected chi connectivity index (χ4v) is 4.68. The number of fused-ring (bicyclic) bond motifs is 3. The summed E-state index contributed by atoms with van der Waals surface area (Å²) in [5.74, 6) is 0.547. The molecule has 0 bridgehead atoms. The van der Waals surface area contributed by atoms with Crippen LogP contribution in [0, 0.1) is 0 Å². The molecule has 38 heavy (non-hydrogen) atoms. The smallest absolute Gasteiger partial charge is 0.408 e. The number of nitrogens with zero attached hydrogens (tertiary/aromatic N) is 6. The summed E-state index contributed by atoms with van der Waals surface area (Å²) in [6.07, 6.45) is -1.55. The number of hydrogen-bond acceptors (Lipinski definition) is 6. The van der Waals surface area contributed by atoms with Crippen LogP contribution in [0.3, 0.4) is 0 Å². The van der Waals surface area contributed by atoms with Crippen LogP contribution in [-0.4, -0.2) is 48.4 Å². The summed E-state index contributed by atoms with van der Waals surface area (Å²) in [4.78, 5) is 18.0. The largest absolute Gasteiger partial charge is 0.488 e.